The SMILES string of the molecule is CC(C)C(Br)c1c(Cl)nc(-c2ccccc2)c(=O)n1Cc1ccccc1. The quantitative estimate of drug-likeness (QED) is 0.485. The van der Waals surface area contributed by atoms with Crippen molar-refractivity contribution in [2.24, 2.45) is 5.92 Å². The van der Waals surface area contributed by atoms with Gasteiger partial charge in [0.1, 0.15) is 5.69 Å². The molecule has 0 saturated heterocycles. The molecule has 0 saturated carbocycles. The normalized spacial score (nSPS) is 12.3. The molecule has 1 aromatic heterocycles. The van der Waals surface area contributed by atoms with E-state index in [9.17, 15) is 4.79 Å². The van der Waals surface area contributed by atoms with Crippen LogP contribution in [0.1, 0.15) is 29.9 Å². The lowest BCUT2D eigenvalue weighted by molar-refractivity contribution is 0.582. The highest BCUT2D eigenvalue weighted by molar-refractivity contribution is 9.09. The van der Waals surface area contributed by atoms with Crippen LogP contribution < -0.4 is 5.56 Å². The third-order valence-electron chi connectivity index (χ3n) is 4.24. The third kappa shape index (κ3) is 3.92. The van der Waals surface area contributed by atoms with E-state index in [2.05, 4.69) is 34.8 Å². The van der Waals surface area contributed by atoms with Gasteiger partial charge in [-0.1, -0.05) is 102 Å². The van der Waals surface area contributed by atoms with E-state index in [0.29, 0.717) is 17.4 Å². The van der Waals surface area contributed by atoms with Gasteiger partial charge in [0.25, 0.3) is 5.56 Å². The van der Waals surface area contributed by atoms with Gasteiger partial charge in [0.15, 0.2) is 5.15 Å². The highest BCUT2D eigenvalue weighted by Gasteiger charge is 2.24. The van der Waals surface area contributed by atoms with Crippen molar-refractivity contribution in [2.45, 2.75) is 25.2 Å². The van der Waals surface area contributed by atoms with Gasteiger partial charge < -0.3 is 4.57 Å². The van der Waals surface area contributed by atoms with E-state index in [1.165, 1.54) is 0 Å². The lowest BCUT2D eigenvalue weighted by Gasteiger charge is -2.22. The summed E-state index contributed by atoms with van der Waals surface area (Å²) in [5.74, 6) is 0.262. The predicted molar refractivity (Wildman–Crippen MR) is 111 cm³/mol. The fourth-order valence-electron chi connectivity index (χ4n) is 2.84. The second-order valence-corrected chi connectivity index (χ2v) is 7.87. The monoisotopic (exact) mass is 430 g/mol. The van der Waals surface area contributed by atoms with Crippen molar-refractivity contribution >= 4 is 27.5 Å². The van der Waals surface area contributed by atoms with Crippen LogP contribution in [0.3, 0.4) is 0 Å². The van der Waals surface area contributed by atoms with Crippen molar-refractivity contribution in [3.63, 3.8) is 0 Å². The van der Waals surface area contributed by atoms with E-state index in [1.54, 1.807) is 4.57 Å². The molecule has 134 valence electrons. The van der Waals surface area contributed by atoms with E-state index in [1.807, 2.05) is 60.7 Å². The summed E-state index contributed by atoms with van der Waals surface area (Å²) >= 11 is 10.3. The largest absolute Gasteiger partial charge is 0.302 e. The molecular formula is C21H20BrClN2O. The fourth-order valence-corrected chi connectivity index (χ4v) is 3.74. The topological polar surface area (TPSA) is 34.9 Å². The second kappa shape index (κ2) is 8.19. The Morgan fingerprint density at radius 3 is 2.19 bits per heavy atom. The van der Waals surface area contributed by atoms with Gasteiger partial charge in [0.05, 0.1) is 17.1 Å². The first-order valence-corrected chi connectivity index (χ1v) is 9.82. The summed E-state index contributed by atoms with van der Waals surface area (Å²) in [5, 5.41) is 0.356. The maximum absolute atomic E-state index is 13.3. The number of alkyl halides is 1. The molecule has 0 fully saturated rings. The van der Waals surface area contributed by atoms with Crippen LogP contribution in [0.2, 0.25) is 5.15 Å². The minimum Gasteiger partial charge on any atom is -0.302 e. The Morgan fingerprint density at radius 2 is 1.62 bits per heavy atom. The summed E-state index contributed by atoms with van der Waals surface area (Å²) in [6.45, 7) is 4.61. The first-order valence-electron chi connectivity index (χ1n) is 8.52. The first kappa shape index (κ1) is 18.9. The lowest BCUT2D eigenvalue weighted by Crippen LogP contribution is -2.29. The molecule has 0 spiro atoms. The molecular weight excluding hydrogens is 412 g/mol. The first-order chi connectivity index (χ1) is 12.5. The van der Waals surface area contributed by atoms with Crippen LogP contribution >= 0.6 is 27.5 Å². The lowest BCUT2D eigenvalue weighted by atomic mass is 10.1. The molecule has 0 aliphatic carbocycles. The number of hydrogen-bond acceptors (Lipinski definition) is 2. The van der Waals surface area contributed by atoms with E-state index in [4.69, 9.17) is 11.6 Å². The molecule has 1 atom stereocenters. The van der Waals surface area contributed by atoms with E-state index in [0.717, 1.165) is 16.8 Å². The number of benzene rings is 2. The maximum Gasteiger partial charge on any atom is 0.277 e. The summed E-state index contributed by atoms with van der Waals surface area (Å²) in [4.78, 5) is 17.7. The number of nitrogens with zero attached hydrogens (tertiary/aromatic N) is 2. The van der Waals surface area contributed by atoms with Gasteiger partial charge in [0, 0.05) is 5.56 Å². The molecule has 26 heavy (non-hydrogen) atoms. The zero-order chi connectivity index (χ0) is 18.7. The van der Waals surface area contributed by atoms with Crippen LogP contribution in [0.4, 0.5) is 0 Å². The average molecular weight is 432 g/mol. The van der Waals surface area contributed by atoms with Crippen molar-refractivity contribution in [2.75, 3.05) is 0 Å². The highest BCUT2D eigenvalue weighted by atomic mass is 79.9. The average Bonchev–Trinajstić information content (AvgIpc) is 2.65. The summed E-state index contributed by atoms with van der Waals surface area (Å²) in [6, 6.07) is 19.4. The minimum absolute atomic E-state index is 0.0660. The summed E-state index contributed by atoms with van der Waals surface area (Å²) in [5.41, 5.74) is 2.77. The van der Waals surface area contributed by atoms with Crippen molar-refractivity contribution in [3.05, 3.63) is 87.4 Å². The van der Waals surface area contributed by atoms with Gasteiger partial charge >= 0.3 is 0 Å². The van der Waals surface area contributed by atoms with E-state index >= 15 is 0 Å². The maximum atomic E-state index is 13.3. The second-order valence-electron chi connectivity index (χ2n) is 6.53. The van der Waals surface area contributed by atoms with E-state index in [-0.39, 0.29) is 16.3 Å². The minimum atomic E-state index is -0.135. The number of aromatic nitrogens is 2. The Bertz CT molecular complexity index is 939. The third-order valence-corrected chi connectivity index (χ3v) is 6.01. The Kier molecular flexibility index (Phi) is 5.94. The van der Waals surface area contributed by atoms with Gasteiger partial charge in [0.2, 0.25) is 0 Å². The van der Waals surface area contributed by atoms with Gasteiger partial charge in [-0.05, 0) is 11.5 Å². The zero-order valence-corrected chi connectivity index (χ0v) is 17.0. The fraction of sp³-hybridized carbons (Fsp3) is 0.238. The number of hydrogen-bond donors (Lipinski definition) is 0. The molecule has 0 bridgehead atoms. The Balaban J connectivity index is 2.22. The molecule has 0 amide bonds. The zero-order valence-electron chi connectivity index (χ0n) is 14.7. The molecule has 0 radical (unpaired) electrons. The van der Waals surface area contributed by atoms with Crippen molar-refractivity contribution in [3.8, 4) is 11.3 Å². The molecule has 2 aromatic carbocycles. The van der Waals surface area contributed by atoms with Crippen LogP contribution in [0.15, 0.2) is 65.5 Å². The summed E-state index contributed by atoms with van der Waals surface area (Å²) in [6.07, 6.45) is 0. The van der Waals surface area contributed by atoms with Gasteiger partial charge in [-0.25, -0.2) is 4.98 Å². The van der Waals surface area contributed by atoms with Crippen LogP contribution in [-0.4, -0.2) is 9.55 Å². The molecule has 0 aliphatic rings. The molecule has 3 aromatic rings. The van der Waals surface area contributed by atoms with Crippen molar-refractivity contribution < 1.29 is 0 Å². The standard InChI is InChI=1S/C21H20BrClN2O/c1-14(2)17(22)19-20(23)24-18(16-11-7-4-8-12-16)21(26)25(19)13-15-9-5-3-6-10-15/h3-12,14,17H,13H2,1-2H3. The van der Waals surface area contributed by atoms with Crippen LogP contribution in [0.5, 0.6) is 0 Å². The molecule has 0 N–H and O–H groups in total. The number of halogens is 2. The Morgan fingerprint density at radius 1 is 1.04 bits per heavy atom. The van der Waals surface area contributed by atoms with Crippen molar-refractivity contribution in [1.82, 2.24) is 9.55 Å². The molecule has 3 rings (SSSR count). The number of rotatable bonds is 5. The van der Waals surface area contributed by atoms with Crippen LogP contribution in [0.25, 0.3) is 11.3 Å². The van der Waals surface area contributed by atoms with Crippen LogP contribution in [-0.2, 0) is 6.54 Å². The van der Waals surface area contributed by atoms with Gasteiger partial charge in [-0.3, -0.25) is 4.79 Å². The predicted octanol–water partition coefficient (Wildman–Crippen LogP) is 5.70. The smallest absolute Gasteiger partial charge is 0.277 e. The summed E-state index contributed by atoms with van der Waals surface area (Å²) < 4.78 is 1.74. The van der Waals surface area contributed by atoms with Gasteiger partial charge in [-0.2, -0.15) is 0 Å². The summed E-state index contributed by atoms with van der Waals surface area (Å²) in [7, 11) is 0. The molecule has 1 heterocycles. The molecule has 3 nitrogen and oxygen atoms in total. The van der Waals surface area contributed by atoms with Crippen LogP contribution in [0, 0.1) is 5.92 Å². The van der Waals surface area contributed by atoms with Crippen molar-refractivity contribution in [1.29, 1.82) is 0 Å². The molecule has 0 aliphatic heterocycles. The Hall–Kier alpha value is -1.91. The Labute approximate surface area is 166 Å². The molecule has 1 unspecified atom stereocenters. The van der Waals surface area contributed by atoms with E-state index < -0.39 is 0 Å². The highest BCUT2D eigenvalue weighted by Crippen LogP contribution is 2.34. The molecule has 5 heteroatoms. The van der Waals surface area contributed by atoms with Gasteiger partial charge in [-0.15, -0.1) is 0 Å².